The summed E-state index contributed by atoms with van der Waals surface area (Å²) in [6.45, 7) is 3.20. The van der Waals surface area contributed by atoms with Crippen molar-refractivity contribution < 1.29 is 13.9 Å². The Labute approximate surface area is 192 Å². The molecule has 1 saturated carbocycles. The van der Waals surface area contributed by atoms with Gasteiger partial charge in [0.25, 0.3) is 0 Å². The number of pyridine rings is 1. The third-order valence-electron chi connectivity index (χ3n) is 5.04. The van der Waals surface area contributed by atoms with E-state index in [0.29, 0.717) is 44.3 Å². The Morgan fingerprint density at radius 2 is 2.00 bits per heavy atom. The number of H-pyrrole nitrogens is 1. The first-order valence-corrected chi connectivity index (χ1v) is 11.3. The SMILES string of the molecule is C/C=C\C(Nc1nc2ccc(Oc3ccc4nc(NC(=O)C5CC5)sc4n3)cc2[nH]1)=C(/C)F. The second-order valence-corrected chi connectivity index (χ2v) is 8.67. The highest BCUT2D eigenvalue weighted by Crippen LogP contribution is 2.33. The number of imidazole rings is 1. The normalized spacial score (nSPS) is 14.6. The average Bonchev–Trinajstić information content (AvgIpc) is 3.45. The fraction of sp³-hybridized carbons (Fsp3) is 0.217. The molecule has 1 aliphatic carbocycles. The predicted molar refractivity (Wildman–Crippen MR) is 127 cm³/mol. The Kier molecular flexibility index (Phi) is 5.51. The van der Waals surface area contributed by atoms with E-state index < -0.39 is 0 Å². The molecule has 0 radical (unpaired) electrons. The maximum Gasteiger partial charge on any atom is 0.229 e. The third kappa shape index (κ3) is 4.70. The monoisotopic (exact) mass is 464 g/mol. The van der Waals surface area contributed by atoms with E-state index in [1.807, 2.05) is 19.1 Å². The largest absolute Gasteiger partial charge is 0.439 e. The number of halogens is 1. The molecule has 1 aliphatic rings. The molecule has 33 heavy (non-hydrogen) atoms. The van der Waals surface area contributed by atoms with Crippen molar-refractivity contribution in [3.63, 3.8) is 0 Å². The van der Waals surface area contributed by atoms with Crippen LogP contribution in [0.15, 0.2) is 54.0 Å². The quantitative estimate of drug-likeness (QED) is 0.294. The molecule has 1 aromatic carbocycles. The summed E-state index contributed by atoms with van der Waals surface area (Å²) in [5, 5.41) is 6.34. The summed E-state index contributed by atoms with van der Waals surface area (Å²) in [7, 11) is 0. The van der Waals surface area contributed by atoms with E-state index in [4.69, 9.17) is 4.74 Å². The Morgan fingerprint density at radius 3 is 2.76 bits per heavy atom. The number of amides is 1. The summed E-state index contributed by atoms with van der Waals surface area (Å²) in [5.41, 5.74) is 2.48. The lowest BCUT2D eigenvalue weighted by molar-refractivity contribution is -0.117. The number of aromatic nitrogens is 4. The highest BCUT2D eigenvalue weighted by molar-refractivity contribution is 7.21. The summed E-state index contributed by atoms with van der Waals surface area (Å²) < 4.78 is 19.6. The zero-order valence-electron chi connectivity index (χ0n) is 18.0. The Hall–Kier alpha value is -3.79. The maximum atomic E-state index is 13.7. The van der Waals surface area contributed by atoms with Crippen molar-refractivity contribution in [1.82, 2.24) is 19.9 Å². The van der Waals surface area contributed by atoms with E-state index in [0.717, 1.165) is 18.4 Å². The van der Waals surface area contributed by atoms with Gasteiger partial charge in [-0.05, 0) is 51.0 Å². The number of aromatic amines is 1. The highest BCUT2D eigenvalue weighted by Gasteiger charge is 2.30. The average molecular weight is 465 g/mol. The maximum absolute atomic E-state index is 13.7. The van der Waals surface area contributed by atoms with Crippen molar-refractivity contribution in [1.29, 1.82) is 0 Å². The van der Waals surface area contributed by atoms with E-state index in [9.17, 15) is 9.18 Å². The number of thiazole rings is 1. The van der Waals surface area contributed by atoms with Gasteiger partial charge in [-0.2, -0.15) is 0 Å². The summed E-state index contributed by atoms with van der Waals surface area (Å²) in [5.74, 6) is 1.21. The fourth-order valence-corrected chi connectivity index (χ4v) is 4.07. The van der Waals surface area contributed by atoms with E-state index in [1.54, 1.807) is 30.4 Å². The van der Waals surface area contributed by atoms with Crippen molar-refractivity contribution >= 4 is 49.7 Å². The number of fused-ring (bicyclic) bond motifs is 2. The number of rotatable bonds is 7. The number of anilines is 2. The lowest BCUT2D eigenvalue weighted by Crippen LogP contribution is -2.12. The van der Waals surface area contributed by atoms with Crippen LogP contribution in [0.3, 0.4) is 0 Å². The second kappa shape index (κ2) is 8.62. The number of hydrogen-bond acceptors (Lipinski definition) is 7. The molecule has 0 spiro atoms. The predicted octanol–water partition coefficient (Wildman–Crippen LogP) is 5.90. The summed E-state index contributed by atoms with van der Waals surface area (Å²) in [4.78, 5) is 29.1. The molecule has 1 fully saturated rings. The molecule has 0 atom stereocenters. The molecule has 3 aromatic heterocycles. The third-order valence-corrected chi connectivity index (χ3v) is 5.92. The fourth-order valence-electron chi connectivity index (χ4n) is 3.23. The Bertz CT molecular complexity index is 1420. The van der Waals surface area contributed by atoms with E-state index in [1.165, 1.54) is 18.3 Å². The van der Waals surface area contributed by atoms with Gasteiger partial charge >= 0.3 is 0 Å². The molecule has 3 heterocycles. The minimum absolute atomic E-state index is 0.0160. The number of carbonyl (C=O) groups excluding carboxylic acids is 1. The van der Waals surface area contributed by atoms with Crippen molar-refractivity contribution in [3.8, 4) is 11.6 Å². The number of allylic oxidation sites excluding steroid dienone is 3. The number of nitrogens with one attached hydrogen (secondary N) is 3. The van der Waals surface area contributed by atoms with Gasteiger partial charge in [0.05, 0.1) is 16.7 Å². The first kappa shape index (κ1) is 21.1. The number of hydrogen-bond donors (Lipinski definition) is 3. The number of benzene rings is 1. The van der Waals surface area contributed by atoms with Gasteiger partial charge in [-0.25, -0.2) is 19.3 Å². The summed E-state index contributed by atoms with van der Waals surface area (Å²) >= 11 is 1.31. The van der Waals surface area contributed by atoms with E-state index in [2.05, 4.69) is 30.6 Å². The summed E-state index contributed by atoms with van der Waals surface area (Å²) in [6.07, 6.45) is 5.26. The first-order chi connectivity index (χ1) is 16.0. The zero-order valence-corrected chi connectivity index (χ0v) is 18.8. The van der Waals surface area contributed by atoms with Gasteiger partial charge in [0.15, 0.2) is 5.13 Å². The van der Waals surface area contributed by atoms with Crippen molar-refractivity contribution in [2.75, 3.05) is 10.6 Å². The van der Waals surface area contributed by atoms with Crippen LogP contribution in [0, 0.1) is 5.92 Å². The van der Waals surface area contributed by atoms with Gasteiger partial charge in [-0.15, -0.1) is 0 Å². The molecule has 8 nitrogen and oxygen atoms in total. The Morgan fingerprint density at radius 1 is 1.18 bits per heavy atom. The van der Waals surface area contributed by atoms with Crippen LogP contribution in [0.5, 0.6) is 11.6 Å². The smallest absolute Gasteiger partial charge is 0.229 e. The van der Waals surface area contributed by atoms with Crippen LogP contribution in [-0.4, -0.2) is 25.8 Å². The molecule has 4 aromatic rings. The highest BCUT2D eigenvalue weighted by atomic mass is 32.1. The van der Waals surface area contributed by atoms with Crippen molar-refractivity contribution in [2.45, 2.75) is 26.7 Å². The minimum atomic E-state index is -0.336. The van der Waals surface area contributed by atoms with Gasteiger partial charge in [-0.1, -0.05) is 17.4 Å². The number of carbonyl (C=O) groups is 1. The molecular formula is C23H21FN6O2S. The first-order valence-electron chi connectivity index (χ1n) is 10.5. The summed E-state index contributed by atoms with van der Waals surface area (Å²) in [6, 6.07) is 8.94. The van der Waals surface area contributed by atoms with Crippen LogP contribution in [-0.2, 0) is 4.79 Å². The van der Waals surface area contributed by atoms with Gasteiger partial charge in [0, 0.05) is 18.1 Å². The van der Waals surface area contributed by atoms with Gasteiger partial charge in [-0.3, -0.25) is 4.79 Å². The number of ether oxygens (including phenoxy) is 1. The molecule has 168 valence electrons. The van der Waals surface area contributed by atoms with Gasteiger partial charge in [0.2, 0.25) is 17.7 Å². The van der Waals surface area contributed by atoms with Crippen LogP contribution in [0.2, 0.25) is 0 Å². The van der Waals surface area contributed by atoms with Crippen LogP contribution in [0.25, 0.3) is 21.4 Å². The lowest BCUT2D eigenvalue weighted by Gasteiger charge is -2.04. The molecule has 0 bridgehead atoms. The molecule has 10 heteroatoms. The molecule has 0 saturated heterocycles. The van der Waals surface area contributed by atoms with Crippen LogP contribution in [0.4, 0.5) is 15.5 Å². The molecule has 1 amide bonds. The zero-order chi connectivity index (χ0) is 22.9. The molecule has 5 rings (SSSR count). The number of nitrogens with zero attached hydrogens (tertiary/aromatic N) is 3. The Balaban J connectivity index is 1.33. The van der Waals surface area contributed by atoms with Gasteiger partial charge in [0.1, 0.15) is 21.9 Å². The van der Waals surface area contributed by atoms with E-state index >= 15 is 0 Å². The van der Waals surface area contributed by atoms with Crippen LogP contribution >= 0.6 is 11.3 Å². The van der Waals surface area contributed by atoms with Crippen LogP contribution in [0.1, 0.15) is 26.7 Å². The van der Waals surface area contributed by atoms with Crippen molar-refractivity contribution in [3.05, 3.63) is 54.0 Å². The standard InChI is InChI=1S/C23H21FN6O2S/c1-3-4-15(12(2)24)25-22-26-16-8-7-14(11-18(16)27-22)32-19-10-9-17-21(29-19)33-23(28-17)30-20(31)13-5-6-13/h3-4,7-11,13H,5-6H2,1-2H3,(H2,25,26,27)(H,28,30,31)/b4-3-,15-12-. The van der Waals surface area contributed by atoms with Gasteiger partial charge < -0.3 is 20.4 Å². The lowest BCUT2D eigenvalue weighted by atomic mass is 10.3. The minimum Gasteiger partial charge on any atom is -0.439 e. The van der Waals surface area contributed by atoms with Crippen LogP contribution < -0.4 is 15.4 Å². The molecule has 3 N–H and O–H groups in total. The molecule has 0 aliphatic heterocycles. The molecular weight excluding hydrogens is 443 g/mol. The second-order valence-electron chi connectivity index (χ2n) is 7.69. The topological polar surface area (TPSA) is 105 Å². The van der Waals surface area contributed by atoms with Crippen molar-refractivity contribution in [2.24, 2.45) is 5.92 Å². The van der Waals surface area contributed by atoms with E-state index in [-0.39, 0.29) is 17.7 Å². The molecule has 0 unspecified atom stereocenters.